The highest BCUT2D eigenvalue weighted by Gasteiger charge is 2.50. The quantitative estimate of drug-likeness (QED) is 0.0964. The summed E-state index contributed by atoms with van der Waals surface area (Å²) in [5.74, 6) is -0.746. The average Bonchev–Trinajstić information content (AvgIpc) is 3.77. The lowest BCUT2D eigenvalue weighted by atomic mass is 10.1. The summed E-state index contributed by atoms with van der Waals surface area (Å²) in [7, 11) is 0. The normalized spacial score (nSPS) is 23.0. The molecule has 4 heterocycles. The molecule has 4 aromatic rings. The fourth-order valence-electron chi connectivity index (χ4n) is 5.42. The Morgan fingerprint density at radius 2 is 1.86 bits per heavy atom. The van der Waals surface area contributed by atoms with Crippen LogP contribution in [0.15, 0.2) is 49.2 Å². The highest BCUT2D eigenvalue weighted by molar-refractivity contribution is 6.02. The fourth-order valence-corrected chi connectivity index (χ4v) is 5.42. The zero-order valence-electron chi connectivity index (χ0n) is 21.9. The van der Waals surface area contributed by atoms with Crippen LogP contribution in [0.1, 0.15) is 18.0 Å². The molecule has 1 saturated carbocycles. The van der Waals surface area contributed by atoms with Crippen LogP contribution in [-0.2, 0) is 11.2 Å². The summed E-state index contributed by atoms with van der Waals surface area (Å²) in [5, 5.41) is 48.8. The number of urea groups is 1. The first kappa shape index (κ1) is 27.2. The maximum Gasteiger partial charge on any atom is 0.382 e. The van der Waals surface area contributed by atoms with Crippen LogP contribution in [0.5, 0.6) is 0 Å². The van der Waals surface area contributed by atoms with Gasteiger partial charge in [-0.3, -0.25) is 9.69 Å². The van der Waals surface area contributed by atoms with E-state index < -0.39 is 53.0 Å². The molecule has 6 rings (SSSR count). The monoisotopic (exact) mass is 578 g/mol. The summed E-state index contributed by atoms with van der Waals surface area (Å²) >= 11 is 0. The Morgan fingerprint density at radius 1 is 1.10 bits per heavy atom. The second-order valence-electron chi connectivity index (χ2n) is 10.1. The van der Waals surface area contributed by atoms with Crippen LogP contribution < -0.4 is 10.6 Å². The number of aliphatic hydroxyl groups excluding tert-OH is 3. The van der Waals surface area contributed by atoms with Crippen molar-refractivity contribution in [3.8, 4) is 5.95 Å². The van der Waals surface area contributed by atoms with E-state index in [4.69, 9.17) is 0 Å². The number of rotatable bonds is 9. The number of nitrogens with one attached hydrogen (secondary N) is 2. The number of hydrogen-bond donors (Lipinski definition) is 5. The van der Waals surface area contributed by atoms with Crippen molar-refractivity contribution in [2.45, 2.75) is 43.2 Å². The lowest BCUT2D eigenvalue weighted by Gasteiger charge is -2.23. The van der Waals surface area contributed by atoms with Crippen molar-refractivity contribution in [2.24, 2.45) is 0 Å². The number of imide groups is 1. The van der Waals surface area contributed by atoms with Gasteiger partial charge in [0.1, 0.15) is 18.4 Å². The second-order valence-corrected chi connectivity index (χ2v) is 10.1. The van der Waals surface area contributed by atoms with Crippen molar-refractivity contribution in [2.75, 3.05) is 18.5 Å². The minimum absolute atomic E-state index is 0.0116. The number of nitro groups is 1. The number of amides is 3. The fraction of sp³-hybridized carbons (Fsp3) is 0.360. The molecule has 5 unspecified atom stereocenters. The summed E-state index contributed by atoms with van der Waals surface area (Å²) in [4.78, 5) is 53.4. The van der Waals surface area contributed by atoms with Gasteiger partial charge in [-0.2, -0.15) is 9.97 Å². The minimum Gasteiger partial charge on any atom is -0.394 e. The van der Waals surface area contributed by atoms with Crippen LogP contribution in [0.3, 0.4) is 0 Å². The maximum absolute atomic E-state index is 12.3. The molecular weight excluding hydrogens is 552 g/mol. The molecule has 42 heavy (non-hydrogen) atoms. The predicted octanol–water partition coefficient (Wildman–Crippen LogP) is -0.477. The van der Waals surface area contributed by atoms with Gasteiger partial charge in [-0.1, -0.05) is 30.3 Å². The first-order chi connectivity index (χ1) is 20.2. The third-order valence-electron chi connectivity index (χ3n) is 7.47. The van der Waals surface area contributed by atoms with Gasteiger partial charge in [-0.05, 0) is 28.3 Å². The van der Waals surface area contributed by atoms with E-state index in [0.717, 1.165) is 16.7 Å². The molecular formula is C25H26N10O7. The van der Waals surface area contributed by atoms with E-state index in [0.29, 0.717) is 6.42 Å². The van der Waals surface area contributed by atoms with E-state index in [1.165, 1.54) is 21.8 Å². The largest absolute Gasteiger partial charge is 0.394 e. The number of benzene rings is 1. The lowest BCUT2D eigenvalue weighted by Crippen LogP contribution is -2.46. The van der Waals surface area contributed by atoms with E-state index >= 15 is 0 Å². The summed E-state index contributed by atoms with van der Waals surface area (Å²) in [6.45, 7) is -0.456. The Kier molecular flexibility index (Phi) is 6.97. The SMILES string of the molecule is O=C1CNC(=O)N1C1CC(n2cnc3c(NC(CO)Cc4ccccc4)nc(-n4cnc([N+](=O)[O-])c4)nc32)C(O)C1O. The van der Waals surface area contributed by atoms with Gasteiger partial charge in [0, 0.05) is 0 Å². The van der Waals surface area contributed by atoms with Crippen molar-refractivity contribution < 1.29 is 29.8 Å². The molecule has 0 radical (unpaired) electrons. The number of imidazole rings is 2. The maximum atomic E-state index is 12.3. The third-order valence-corrected chi connectivity index (χ3v) is 7.47. The molecule has 1 aliphatic heterocycles. The topological polar surface area (TPSA) is 227 Å². The Balaban J connectivity index is 1.40. The first-order valence-corrected chi connectivity index (χ1v) is 13.1. The number of carbonyl (C=O) groups is 2. The van der Waals surface area contributed by atoms with Crippen LogP contribution in [0.4, 0.5) is 16.4 Å². The molecule has 5 atom stereocenters. The lowest BCUT2D eigenvalue weighted by molar-refractivity contribution is -0.389. The van der Waals surface area contributed by atoms with E-state index in [9.17, 15) is 35.0 Å². The smallest absolute Gasteiger partial charge is 0.382 e. The van der Waals surface area contributed by atoms with E-state index in [1.54, 1.807) is 0 Å². The number of aliphatic hydroxyl groups is 3. The van der Waals surface area contributed by atoms with Crippen molar-refractivity contribution in [3.63, 3.8) is 0 Å². The molecule has 3 aromatic heterocycles. The van der Waals surface area contributed by atoms with Crippen LogP contribution in [0, 0.1) is 10.1 Å². The Hall–Kier alpha value is -5.00. The van der Waals surface area contributed by atoms with Gasteiger partial charge in [0.05, 0.1) is 37.6 Å². The van der Waals surface area contributed by atoms with Gasteiger partial charge < -0.3 is 40.6 Å². The molecule has 2 aliphatic rings. The second kappa shape index (κ2) is 10.8. The van der Waals surface area contributed by atoms with Crippen molar-refractivity contribution in [1.82, 2.24) is 39.3 Å². The molecule has 0 bridgehead atoms. The van der Waals surface area contributed by atoms with Gasteiger partial charge in [0.25, 0.3) is 0 Å². The summed E-state index contributed by atoms with van der Waals surface area (Å²) in [6.07, 6.45) is 1.35. The molecule has 218 valence electrons. The Labute approximate surface area is 236 Å². The van der Waals surface area contributed by atoms with Crippen LogP contribution in [0.25, 0.3) is 17.1 Å². The molecule has 1 saturated heterocycles. The van der Waals surface area contributed by atoms with E-state index in [-0.39, 0.29) is 42.5 Å². The van der Waals surface area contributed by atoms with Crippen LogP contribution >= 0.6 is 0 Å². The zero-order chi connectivity index (χ0) is 29.5. The molecule has 3 amide bonds. The molecule has 17 nitrogen and oxygen atoms in total. The predicted molar refractivity (Wildman–Crippen MR) is 143 cm³/mol. The summed E-state index contributed by atoms with van der Waals surface area (Å²) < 4.78 is 2.76. The molecule has 2 fully saturated rings. The number of fused-ring (bicyclic) bond motifs is 1. The highest BCUT2D eigenvalue weighted by Crippen LogP contribution is 2.37. The molecule has 1 aromatic carbocycles. The third kappa shape index (κ3) is 4.78. The van der Waals surface area contributed by atoms with Gasteiger partial charge in [-0.15, -0.1) is 0 Å². The van der Waals surface area contributed by atoms with Crippen molar-refractivity contribution >= 4 is 34.7 Å². The van der Waals surface area contributed by atoms with Crippen molar-refractivity contribution in [3.05, 3.63) is 64.9 Å². The zero-order valence-corrected chi connectivity index (χ0v) is 21.9. The van der Waals surface area contributed by atoms with Gasteiger partial charge in [0.2, 0.25) is 18.2 Å². The van der Waals surface area contributed by atoms with Crippen LogP contribution in [0.2, 0.25) is 0 Å². The van der Waals surface area contributed by atoms with Crippen LogP contribution in [-0.4, -0.2) is 104 Å². The van der Waals surface area contributed by atoms with E-state index in [2.05, 4.69) is 30.6 Å². The minimum atomic E-state index is -1.43. The molecule has 17 heteroatoms. The number of nitrogens with zero attached hydrogens (tertiary/aromatic N) is 8. The Morgan fingerprint density at radius 3 is 2.52 bits per heavy atom. The number of carbonyl (C=O) groups excluding carboxylic acids is 2. The number of aromatic nitrogens is 6. The first-order valence-electron chi connectivity index (χ1n) is 13.1. The summed E-state index contributed by atoms with van der Waals surface area (Å²) in [5.41, 5.74) is 1.42. The number of hydrogen-bond acceptors (Lipinski definition) is 12. The molecule has 0 spiro atoms. The average molecular weight is 579 g/mol. The van der Waals surface area contributed by atoms with Gasteiger partial charge in [0.15, 0.2) is 17.0 Å². The number of anilines is 1. The molecule has 5 N–H and O–H groups in total. The Bertz CT molecular complexity index is 1640. The van der Waals surface area contributed by atoms with Gasteiger partial charge >= 0.3 is 11.8 Å². The standard InChI is InChI=1S/C25H26N10O7/c36-10-14(6-13-4-2-1-3-5-13)29-22-19-23(31-24(30-22)32-9-17(27-11-32)35(41)42)33(12-28-19)15-7-16(21(39)20(15)38)34-18(37)8-26-25(34)40/h1-5,9,11-12,14-16,20-21,36,38-39H,6-8,10H2,(H,26,40)(H,29,30,31). The van der Waals surface area contributed by atoms with Crippen molar-refractivity contribution in [1.29, 1.82) is 0 Å². The summed E-state index contributed by atoms with van der Waals surface area (Å²) in [6, 6.07) is 6.49. The highest BCUT2D eigenvalue weighted by atomic mass is 16.6. The van der Waals surface area contributed by atoms with Gasteiger partial charge in [-0.25, -0.2) is 14.3 Å². The van der Waals surface area contributed by atoms with E-state index in [1.807, 2.05) is 30.3 Å². The molecule has 1 aliphatic carbocycles.